The number of nitrogens with one attached hydrogen (secondary N) is 2. The number of rotatable bonds is 10. The van der Waals surface area contributed by atoms with Gasteiger partial charge in [0, 0.05) is 24.1 Å². The lowest BCUT2D eigenvalue weighted by atomic mass is 9.95. The highest BCUT2D eigenvalue weighted by Crippen LogP contribution is 2.51. The Hall–Kier alpha value is -5.95. The van der Waals surface area contributed by atoms with E-state index in [-0.39, 0.29) is 34.6 Å². The van der Waals surface area contributed by atoms with E-state index in [2.05, 4.69) is 10.6 Å². The number of hydrogen-bond donors (Lipinski definition) is 2. The van der Waals surface area contributed by atoms with Crippen molar-refractivity contribution in [3.05, 3.63) is 91.2 Å². The van der Waals surface area contributed by atoms with Gasteiger partial charge in [-0.3, -0.25) is 14.4 Å². The average molecular weight is 771 g/mol. The minimum absolute atomic E-state index is 0.0268. The molecule has 13 heteroatoms. The Bertz CT molecular complexity index is 2220. The first-order valence-electron chi connectivity index (χ1n) is 18.1. The molecule has 298 valence electrons. The van der Waals surface area contributed by atoms with Crippen LogP contribution in [0.25, 0.3) is 22.3 Å². The van der Waals surface area contributed by atoms with E-state index in [9.17, 15) is 14.4 Å². The second-order valence-corrected chi connectivity index (χ2v) is 13.1. The van der Waals surface area contributed by atoms with Gasteiger partial charge in [-0.05, 0) is 103 Å². The van der Waals surface area contributed by atoms with Crippen molar-refractivity contribution in [2.24, 2.45) is 0 Å². The fourth-order valence-electron chi connectivity index (χ4n) is 7.63. The summed E-state index contributed by atoms with van der Waals surface area (Å²) in [4.78, 5) is 37.0. The van der Waals surface area contributed by atoms with Crippen molar-refractivity contribution in [2.75, 3.05) is 63.9 Å². The van der Waals surface area contributed by atoms with Crippen LogP contribution in [0.3, 0.4) is 0 Å². The molecule has 0 bridgehead atoms. The smallest absolute Gasteiger partial charge is 0.220 e. The van der Waals surface area contributed by atoms with Gasteiger partial charge >= 0.3 is 0 Å². The zero-order valence-corrected chi connectivity index (χ0v) is 33.6. The molecule has 2 aliphatic rings. The van der Waals surface area contributed by atoms with Crippen LogP contribution in [0, 0.1) is 0 Å². The van der Waals surface area contributed by atoms with Gasteiger partial charge in [0.2, 0.25) is 28.3 Å². The number of carbonyl (C=O) groups is 1. The van der Waals surface area contributed by atoms with E-state index in [1.54, 1.807) is 60.9 Å². The number of aryl methyl sites for hydroxylation is 2. The zero-order valence-electron chi connectivity index (χ0n) is 33.6. The molecule has 0 radical (unpaired) electrons. The molecule has 0 fully saturated rings. The predicted octanol–water partition coefficient (Wildman–Crippen LogP) is 5.83. The van der Waals surface area contributed by atoms with E-state index >= 15 is 0 Å². The number of fused-ring (bicyclic) bond motifs is 6. The van der Waals surface area contributed by atoms with Crippen LogP contribution in [0.2, 0.25) is 0 Å². The topological polar surface area (TPSA) is 149 Å². The quantitative estimate of drug-likeness (QED) is 0.200. The molecule has 2 aliphatic carbocycles. The summed E-state index contributed by atoms with van der Waals surface area (Å²) in [5.41, 5.74) is 6.69. The molecular formula is C43H50N2O11. The maximum atomic E-state index is 12.6. The van der Waals surface area contributed by atoms with E-state index in [0.717, 1.165) is 51.8 Å². The van der Waals surface area contributed by atoms with Gasteiger partial charge in [0.15, 0.2) is 34.5 Å². The van der Waals surface area contributed by atoms with Crippen molar-refractivity contribution in [3.63, 3.8) is 0 Å². The van der Waals surface area contributed by atoms with Gasteiger partial charge in [0.1, 0.15) is 0 Å². The summed E-state index contributed by atoms with van der Waals surface area (Å²) in [6.07, 6.45) is 2.91. The first-order chi connectivity index (χ1) is 27.0. The Labute approximate surface area is 326 Å². The Morgan fingerprint density at radius 3 is 1.29 bits per heavy atom. The van der Waals surface area contributed by atoms with Crippen LogP contribution in [-0.2, 0) is 17.6 Å². The monoisotopic (exact) mass is 770 g/mol. The molecule has 4 aromatic carbocycles. The largest absolute Gasteiger partial charge is 0.493 e. The van der Waals surface area contributed by atoms with Gasteiger partial charge < -0.3 is 48.5 Å². The Morgan fingerprint density at radius 2 is 0.929 bits per heavy atom. The first-order valence-corrected chi connectivity index (χ1v) is 18.1. The van der Waals surface area contributed by atoms with Gasteiger partial charge in [-0.1, -0.05) is 12.1 Å². The van der Waals surface area contributed by atoms with Gasteiger partial charge in [0.25, 0.3) is 0 Å². The van der Waals surface area contributed by atoms with Crippen molar-refractivity contribution >= 4 is 5.91 Å². The van der Waals surface area contributed by atoms with Crippen LogP contribution in [0.15, 0.2) is 58.1 Å². The molecule has 56 heavy (non-hydrogen) atoms. The van der Waals surface area contributed by atoms with Crippen molar-refractivity contribution < 1.29 is 42.7 Å². The molecule has 6 rings (SSSR count). The third-order valence-electron chi connectivity index (χ3n) is 10.2. The maximum Gasteiger partial charge on any atom is 0.220 e. The van der Waals surface area contributed by atoms with E-state index in [0.29, 0.717) is 58.7 Å². The van der Waals surface area contributed by atoms with Gasteiger partial charge in [-0.2, -0.15) is 0 Å². The Kier molecular flexibility index (Phi) is 13.3. The third kappa shape index (κ3) is 7.90. The second kappa shape index (κ2) is 18.1. The lowest BCUT2D eigenvalue weighted by Gasteiger charge is -2.19. The van der Waals surface area contributed by atoms with Crippen molar-refractivity contribution in [1.82, 2.24) is 10.6 Å². The molecule has 0 aromatic heterocycles. The van der Waals surface area contributed by atoms with Gasteiger partial charge in [-0.25, -0.2) is 0 Å². The van der Waals surface area contributed by atoms with E-state index in [1.807, 2.05) is 31.3 Å². The minimum Gasteiger partial charge on any atom is -0.493 e. The van der Waals surface area contributed by atoms with Crippen LogP contribution in [0.4, 0.5) is 0 Å². The number of carbonyl (C=O) groups excluding carboxylic acids is 1. The van der Waals surface area contributed by atoms with Crippen LogP contribution < -0.4 is 59.4 Å². The highest BCUT2D eigenvalue weighted by atomic mass is 16.5. The van der Waals surface area contributed by atoms with Crippen molar-refractivity contribution in [3.8, 4) is 68.2 Å². The van der Waals surface area contributed by atoms with E-state index in [1.165, 1.54) is 27.2 Å². The second-order valence-electron chi connectivity index (χ2n) is 13.1. The van der Waals surface area contributed by atoms with Gasteiger partial charge in [-0.15, -0.1) is 0 Å². The fraction of sp³-hybridized carbons (Fsp3) is 0.372. The SMILES string of the molecule is CN[C@H]1CCc2cc(OC)c(OC)c(OC)c2-c2ccc(OC)c(=O)cc21.COc1cc2c(c(OC)c1OC)-c1ccc(OC)c(=O)cc1[C@@H](NC(C)=O)CC2. The molecule has 0 saturated carbocycles. The highest BCUT2D eigenvalue weighted by molar-refractivity contribution is 5.84. The third-order valence-corrected chi connectivity index (χ3v) is 10.2. The number of methoxy groups -OCH3 is 8. The summed E-state index contributed by atoms with van der Waals surface area (Å²) in [6.45, 7) is 1.46. The molecule has 13 nitrogen and oxygen atoms in total. The molecule has 1 amide bonds. The summed E-state index contributed by atoms with van der Waals surface area (Å²) < 4.78 is 44.1. The van der Waals surface area contributed by atoms with Crippen LogP contribution in [0.1, 0.15) is 54.1 Å². The standard InChI is InChI=1S/C22H25NO6.C21H25NO5/c1-12(24)23-16-8-6-13-10-19(27-3)21(28-4)22(29-5)20(13)14-7-9-18(26-2)17(25)11-15(14)16;1-22-15-8-6-12-10-18(25-3)20(26-4)21(27-5)19(12)13-7-9-17(24-2)16(23)11-14(13)15/h7,9-11,16H,6,8H2,1-5H3,(H,23,24);7,9-11,15,22H,6,8H2,1-5H3/t16-;15-/m00/s1. The summed E-state index contributed by atoms with van der Waals surface area (Å²) in [5, 5.41) is 6.29. The average Bonchev–Trinajstić information content (AvgIpc) is 3.60. The summed E-state index contributed by atoms with van der Waals surface area (Å²) in [5.74, 6) is 3.67. The molecular weight excluding hydrogens is 720 g/mol. The molecule has 4 aromatic rings. The lowest BCUT2D eigenvalue weighted by molar-refractivity contribution is -0.119. The molecule has 2 N–H and O–H groups in total. The molecule has 0 spiro atoms. The lowest BCUT2D eigenvalue weighted by Crippen LogP contribution is -2.26. The molecule has 0 aliphatic heterocycles. The molecule has 2 atom stereocenters. The normalized spacial score (nSPS) is 15.0. The summed E-state index contributed by atoms with van der Waals surface area (Å²) >= 11 is 0. The summed E-state index contributed by atoms with van der Waals surface area (Å²) in [6, 6.07) is 13.9. The Balaban J connectivity index is 0.000000215. The minimum atomic E-state index is -0.332. The summed E-state index contributed by atoms with van der Waals surface area (Å²) in [7, 11) is 14.4. The number of amides is 1. The fourth-order valence-corrected chi connectivity index (χ4v) is 7.63. The van der Waals surface area contributed by atoms with Crippen molar-refractivity contribution in [2.45, 2.75) is 44.7 Å². The van der Waals surface area contributed by atoms with Crippen LogP contribution in [-0.4, -0.2) is 69.8 Å². The highest BCUT2D eigenvalue weighted by Gasteiger charge is 2.31. The number of ether oxygens (including phenoxy) is 8. The first kappa shape index (κ1) is 41.2. The molecule has 0 unspecified atom stereocenters. The zero-order chi connectivity index (χ0) is 40.7. The predicted molar refractivity (Wildman–Crippen MR) is 214 cm³/mol. The maximum absolute atomic E-state index is 12.6. The molecule has 0 heterocycles. The van der Waals surface area contributed by atoms with Crippen LogP contribution >= 0.6 is 0 Å². The number of hydrogen-bond acceptors (Lipinski definition) is 12. The van der Waals surface area contributed by atoms with E-state index < -0.39 is 0 Å². The van der Waals surface area contributed by atoms with Crippen LogP contribution in [0.5, 0.6) is 46.0 Å². The number of benzene rings is 2. The van der Waals surface area contributed by atoms with Gasteiger partial charge in [0.05, 0.1) is 62.9 Å². The van der Waals surface area contributed by atoms with Crippen molar-refractivity contribution in [1.29, 1.82) is 0 Å². The Morgan fingerprint density at radius 1 is 0.536 bits per heavy atom. The van der Waals surface area contributed by atoms with E-state index in [4.69, 9.17) is 37.9 Å². The molecule has 0 saturated heterocycles.